The predicted molar refractivity (Wildman–Crippen MR) is 74.9 cm³/mol. The molecule has 1 heterocycles. The molecule has 4 nitrogen and oxygen atoms in total. The SMILES string of the molecule is CSC1CCCC1NC(C)C(=O)N1CCOCC1. The Balaban J connectivity index is 1.82. The van der Waals surface area contributed by atoms with E-state index in [1.54, 1.807) is 0 Å². The van der Waals surface area contributed by atoms with Gasteiger partial charge in [-0.15, -0.1) is 0 Å². The lowest BCUT2D eigenvalue weighted by Gasteiger charge is -2.31. The zero-order valence-electron chi connectivity index (χ0n) is 11.4. The van der Waals surface area contributed by atoms with Gasteiger partial charge >= 0.3 is 0 Å². The average molecular weight is 272 g/mol. The molecule has 0 aromatic heterocycles. The molecule has 5 heteroatoms. The molecule has 1 aliphatic heterocycles. The average Bonchev–Trinajstić information content (AvgIpc) is 2.86. The Hall–Kier alpha value is -0.260. The van der Waals surface area contributed by atoms with E-state index in [-0.39, 0.29) is 11.9 Å². The van der Waals surface area contributed by atoms with Crippen LogP contribution in [0.1, 0.15) is 26.2 Å². The van der Waals surface area contributed by atoms with Crippen LogP contribution in [0.3, 0.4) is 0 Å². The number of thioether (sulfide) groups is 1. The van der Waals surface area contributed by atoms with Crippen molar-refractivity contribution in [2.45, 2.75) is 43.5 Å². The van der Waals surface area contributed by atoms with Crippen LogP contribution in [0.15, 0.2) is 0 Å². The topological polar surface area (TPSA) is 41.6 Å². The van der Waals surface area contributed by atoms with Crippen LogP contribution < -0.4 is 5.32 Å². The minimum atomic E-state index is -0.0687. The van der Waals surface area contributed by atoms with Gasteiger partial charge in [-0.1, -0.05) is 6.42 Å². The number of hydrogen-bond donors (Lipinski definition) is 1. The third kappa shape index (κ3) is 3.39. The van der Waals surface area contributed by atoms with Gasteiger partial charge in [0.05, 0.1) is 19.3 Å². The third-order valence-corrected chi connectivity index (χ3v) is 5.08. The van der Waals surface area contributed by atoms with E-state index >= 15 is 0 Å². The Morgan fingerprint density at radius 3 is 2.78 bits per heavy atom. The first-order valence-corrected chi connectivity index (χ1v) is 8.16. The van der Waals surface area contributed by atoms with Crippen molar-refractivity contribution in [3.63, 3.8) is 0 Å². The molecule has 104 valence electrons. The number of nitrogens with one attached hydrogen (secondary N) is 1. The highest BCUT2D eigenvalue weighted by atomic mass is 32.2. The molecule has 2 rings (SSSR count). The summed E-state index contributed by atoms with van der Waals surface area (Å²) in [6.45, 7) is 4.82. The zero-order chi connectivity index (χ0) is 13.0. The fourth-order valence-corrected chi connectivity index (χ4v) is 3.79. The van der Waals surface area contributed by atoms with Gasteiger partial charge in [-0.3, -0.25) is 4.79 Å². The summed E-state index contributed by atoms with van der Waals surface area (Å²) in [5.74, 6) is 0.227. The number of hydrogen-bond acceptors (Lipinski definition) is 4. The minimum Gasteiger partial charge on any atom is -0.378 e. The quantitative estimate of drug-likeness (QED) is 0.832. The lowest BCUT2D eigenvalue weighted by atomic mass is 10.2. The summed E-state index contributed by atoms with van der Waals surface area (Å²) in [5.41, 5.74) is 0. The molecule has 1 saturated carbocycles. The molecule has 3 atom stereocenters. The van der Waals surface area contributed by atoms with Crippen LogP contribution in [0.2, 0.25) is 0 Å². The molecule has 2 fully saturated rings. The van der Waals surface area contributed by atoms with Gasteiger partial charge in [0.2, 0.25) is 5.91 Å². The van der Waals surface area contributed by atoms with Crippen LogP contribution in [0.5, 0.6) is 0 Å². The van der Waals surface area contributed by atoms with Gasteiger partial charge in [-0.25, -0.2) is 0 Å². The van der Waals surface area contributed by atoms with Crippen molar-refractivity contribution in [2.24, 2.45) is 0 Å². The summed E-state index contributed by atoms with van der Waals surface area (Å²) < 4.78 is 5.28. The second-order valence-electron chi connectivity index (χ2n) is 5.14. The Kier molecular flexibility index (Phi) is 5.33. The third-order valence-electron chi connectivity index (χ3n) is 3.91. The van der Waals surface area contributed by atoms with Crippen molar-refractivity contribution in [3.05, 3.63) is 0 Å². The van der Waals surface area contributed by atoms with Gasteiger partial charge in [0.15, 0.2) is 0 Å². The maximum Gasteiger partial charge on any atom is 0.239 e. The maximum atomic E-state index is 12.3. The molecule has 2 aliphatic rings. The van der Waals surface area contributed by atoms with E-state index in [0.717, 1.165) is 13.1 Å². The number of nitrogens with zero attached hydrogens (tertiary/aromatic N) is 1. The Bertz CT molecular complexity index is 282. The second kappa shape index (κ2) is 6.78. The number of amides is 1. The van der Waals surface area contributed by atoms with Crippen LogP contribution in [0, 0.1) is 0 Å². The van der Waals surface area contributed by atoms with E-state index in [4.69, 9.17) is 4.74 Å². The van der Waals surface area contributed by atoms with Gasteiger partial charge in [-0.2, -0.15) is 11.8 Å². The molecular weight excluding hydrogens is 248 g/mol. The monoisotopic (exact) mass is 272 g/mol. The van der Waals surface area contributed by atoms with Crippen LogP contribution >= 0.6 is 11.8 Å². The van der Waals surface area contributed by atoms with E-state index in [2.05, 4.69) is 11.6 Å². The Morgan fingerprint density at radius 1 is 1.39 bits per heavy atom. The fraction of sp³-hybridized carbons (Fsp3) is 0.923. The molecule has 1 amide bonds. The largest absolute Gasteiger partial charge is 0.378 e. The van der Waals surface area contributed by atoms with Crippen molar-refractivity contribution >= 4 is 17.7 Å². The van der Waals surface area contributed by atoms with Crippen molar-refractivity contribution in [1.29, 1.82) is 0 Å². The summed E-state index contributed by atoms with van der Waals surface area (Å²) in [5, 5.41) is 4.20. The Labute approximate surface area is 114 Å². The molecule has 1 N–H and O–H groups in total. The van der Waals surface area contributed by atoms with Gasteiger partial charge in [-0.05, 0) is 26.0 Å². The van der Waals surface area contributed by atoms with E-state index < -0.39 is 0 Å². The molecule has 0 spiro atoms. The second-order valence-corrected chi connectivity index (χ2v) is 6.21. The molecule has 0 aromatic rings. The highest BCUT2D eigenvalue weighted by Gasteiger charge is 2.30. The molecule has 1 saturated heterocycles. The molecule has 18 heavy (non-hydrogen) atoms. The summed E-state index contributed by atoms with van der Waals surface area (Å²) in [4.78, 5) is 14.2. The standard InChI is InChI=1S/C13H24N2O2S/c1-10(13(16)15-6-8-17-9-7-15)14-11-4-3-5-12(11)18-2/h10-12,14H,3-9H2,1-2H3. The van der Waals surface area contributed by atoms with Gasteiger partial charge in [0.25, 0.3) is 0 Å². The molecule has 0 bridgehead atoms. The van der Waals surface area contributed by atoms with Crippen LogP contribution in [0.25, 0.3) is 0 Å². The van der Waals surface area contributed by atoms with Crippen molar-refractivity contribution in [3.8, 4) is 0 Å². The summed E-state index contributed by atoms with van der Waals surface area (Å²) >= 11 is 1.92. The van der Waals surface area contributed by atoms with E-state index in [9.17, 15) is 4.79 Å². The summed E-state index contributed by atoms with van der Waals surface area (Å²) in [6, 6.07) is 0.431. The van der Waals surface area contributed by atoms with Crippen LogP contribution in [-0.4, -0.2) is 60.7 Å². The van der Waals surface area contributed by atoms with Crippen LogP contribution in [-0.2, 0) is 9.53 Å². The van der Waals surface area contributed by atoms with Gasteiger partial charge in [0.1, 0.15) is 0 Å². The predicted octanol–water partition coefficient (Wildman–Crippen LogP) is 1.11. The van der Waals surface area contributed by atoms with Crippen molar-refractivity contribution in [1.82, 2.24) is 10.2 Å². The van der Waals surface area contributed by atoms with E-state index in [1.807, 2.05) is 23.6 Å². The first-order chi connectivity index (χ1) is 8.72. The van der Waals surface area contributed by atoms with Crippen molar-refractivity contribution in [2.75, 3.05) is 32.6 Å². The number of carbonyl (C=O) groups excluding carboxylic acids is 1. The zero-order valence-corrected chi connectivity index (χ0v) is 12.2. The normalized spacial score (nSPS) is 30.4. The highest BCUT2D eigenvalue weighted by Crippen LogP contribution is 2.28. The maximum absolute atomic E-state index is 12.3. The van der Waals surface area contributed by atoms with E-state index in [0.29, 0.717) is 24.5 Å². The van der Waals surface area contributed by atoms with Crippen LogP contribution in [0.4, 0.5) is 0 Å². The smallest absolute Gasteiger partial charge is 0.239 e. The fourth-order valence-electron chi connectivity index (χ4n) is 2.85. The molecule has 3 unspecified atom stereocenters. The number of rotatable bonds is 4. The number of ether oxygens (including phenoxy) is 1. The molecule has 0 radical (unpaired) electrons. The van der Waals surface area contributed by atoms with Gasteiger partial charge in [0, 0.05) is 24.4 Å². The molecule has 0 aromatic carbocycles. The van der Waals surface area contributed by atoms with Crippen molar-refractivity contribution < 1.29 is 9.53 Å². The molecule has 1 aliphatic carbocycles. The highest BCUT2D eigenvalue weighted by molar-refractivity contribution is 7.99. The Morgan fingerprint density at radius 2 is 2.11 bits per heavy atom. The first-order valence-electron chi connectivity index (χ1n) is 6.87. The lowest BCUT2D eigenvalue weighted by Crippen LogP contribution is -2.52. The molecular formula is C13H24N2O2S. The summed E-state index contributed by atoms with van der Waals surface area (Å²) in [6.07, 6.45) is 5.92. The number of carbonyl (C=O) groups is 1. The van der Waals surface area contributed by atoms with Gasteiger partial charge < -0.3 is 15.0 Å². The number of morpholine rings is 1. The minimum absolute atomic E-state index is 0.0687. The van der Waals surface area contributed by atoms with E-state index in [1.165, 1.54) is 19.3 Å². The first kappa shape index (κ1) is 14.2. The lowest BCUT2D eigenvalue weighted by molar-refractivity contribution is -0.137. The summed E-state index contributed by atoms with van der Waals surface area (Å²) in [7, 11) is 0.